The third kappa shape index (κ3) is 3.86. The van der Waals surface area contributed by atoms with E-state index in [9.17, 15) is 10.1 Å². The van der Waals surface area contributed by atoms with Gasteiger partial charge in [-0.05, 0) is 25.5 Å². The van der Waals surface area contributed by atoms with Crippen molar-refractivity contribution in [3.05, 3.63) is 44.2 Å². The summed E-state index contributed by atoms with van der Waals surface area (Å²) in [5.41, 5.74) is 7.68. The number of thiophene rings is 1. The summed E-state index contributed by atoms with van der Waals surface area (Å²) in [4.78, 5) is 16.8. The number of nitriles is 1. The van der Waals surface area contributed by atoms with Crippen LogP contribution in [-0.4, -0.2) is 44.3 Å². The molecule has 144 valence electrons. The van der Waals surface area contributed by atoms with E-state index >= 15 is 0 Å². The normalized spacial score (nSPS) is 21.0. The van der Waals surface area contributed by atoms with E-state index in [1.54, 1.807) is 18.3 Å². The number of carbonyl (C=O) groups excluding carboxylic acids is 1. The highest BCUT2D eigenvalue weighted by Gasteiger charge is 2.37. The first-order valence-electron chi connectivity index (χ1n) is 8.72. The Labute approximate surface area is 162 Å². The van der Waals surface area contributed by atoms with Gasteiger partial charge in [-0.2, -0.15) is 5.26 Å². The second kappa shape index (κ2) is 8.13. The summed E-state index contributed by atoms with van der Waals surface area (Å²) in [5, 5.41) is 9.63. The molecule has 0 bridgehead atoms. The molecule has 8 heteroatoms. The van der Waals surface area contributed by atoms with Crippen LogP contribution in [0, 0.1) is 18.3 Å². The summed E-state index contributed by atoms with van der Waals surface area (Å²) < 4.78 is 15.8. The first kappa shape index (κ1) is 19.4. The summed E-state index contributed by atoms with van der Waals surface area (Å²) >= 11 is 1.57. The molecule has 0 radical (unpaired) electrons. The lowest BCUT2D eigenvalue weighted by Crippen LogP contribution is -2.35. The fourth-order valence-corrected chi connectivity index (χ4v) is 4.55. The number of rotatable bonds is 4. The van der Waals surface area contributed by atoms with Gasteiger partial charge in [0.15, 0.2) is 0 Å². The van der Waals surface area contributed by atoms with Gasteiger partial charge in [0.1, 0.15) is 17.4 Å². The number of esters is 1. The maximum absolute atomic E-state index is 12.4. The number of nitrogens with two attached hydrogens (primary N) is 1. The van der Waals surface area contributed by atoms with Crippen LogP contribution in [0.1, 0.15) is 28.2 Å². The maximum Gasteiger partial charge on any atom is 0.338 e. The van der Waals surface area contributed by atoms with Crippen molar-refractivity contribution in [3.63, 3.8) is 0 Å². The molecule has 2 aliphatic rings. The Morgan fingerprint density at radius 2 is 2.15 bits per heavy atom. The van der Waals surface area contributed by atoms with Gasteiger partial charge < -0.3 is 19.9 Å². The van der Waals surface area contributed by atoms with Gasteiger partial charge in [-0.3, -0.25) is 4.90 Å². The van der Waals surface area contributed by atoms with Crippen molar-refractivity contribution in [2.75, 3.05) is 33.4 Å². The van der Waals surface area contributed by atoms with E-state index in [0.29, 0.717) is 11.3 Å². The monoisotopic (exact) mass is 389 g/mol. The Hall–Kier alpha value is -2.34. The molecule has 1 aromatic rings. The van der Waals surface area contributed by atoms with E-state index in [1.165, 1.54) is 12.7 Å². The minimum Gasteiger partial charge on any atom is -0.466 e. The number of ether oxygens (including phenoxy) is 3. The van der Waals surface area contributed by atoms with Gasteiger partial charge >= 0.3 is 5.97 Å². The van der Waals surface area contributed by atoms with E-state index in [0.717, 1.165) is 42.6 Å². The number of methoxy groups -OCH3 is 1. The zero-order chi connectivity index (χ0) is 19.6. The first-order chi connectivity index (χ1) is 13.0. The van der Waals surface area contributed by atoms with Crippen LogP contribution >= 0.6 is 11.3 Å². The van der Waals surface area contributed by atoms with Crippen LogP contribution in [0.3, 0.4) is 0 Å². The molecule has 3 rings (SSSR count). The van der Waals surface area contributed by atoms with Crippen molar-refractivity contribution in [1.29, 1.82) is 5.26 Å². The van der Waals surface area contributed by atoms with Crippen molar-refractivity contribution in [1.82, 2.24) is 4.90 Å². The van der Waals surface area contributed by atoms with E-state index in [4.69, 9.17) is 19.9 Å². The van der Waals surface area contributed by atoms with Gasteiger partial charge in [0, 0.05) is 29.4 Å². The molecule has 2 N–H and O–H groups in total. The molecule has 0 saturated carbocycles. The van der Waals surface area contributed by atoms with E-state index in [1.807, 2.05) is 0 Å². The predicted octanol–water partition coefficient (Wildman–Crippen LogP) is 2.14. The number of carbonyl (C=O) groups is 1. The van der Waals surface area contributed by atoms with Crippen LogP contribution in [0.25, 0.3) is 0 Å². The first-order valence-corrected chi connectivity index (χ1v) is 9.53. The number of morpholine rings is 1. The van der Waals surface area contributed by atoms with Crippen LogP contribution in [0.2, 0.25) is 0 Å². The van der Waals surface area contributed by atoms with Crippen LogP contribution < -0.4 is 5.73 Å². The molecule has 0 aliphatic carbocycles. The lowest BCUT2D eigenvalue weighted by atomic mass is 9.87. The molecular weight excluding hydrogens is 366 g/mol. The SMILES string of the molecule is COC(=O)C1=C(C)OC(N)=C(C#N)[C@H]1c1cc(CN2CCOCC2)c(C)s1. The van der Waals surface area contributed by atoms with Crippen LogP contribution in [0.4, 0.5) is 0 Å². The third-order valence-corrected chi connectivity index (χ3v) is 5.99. The Morgan fingerprint density at radius 3 is 2.78 bits per heavy atom. The van der Waals surface area contributed by atoms with Gasteiger partial charge in [-0.1, -0.05) is 0 Å². The fourth-order valence-electron chi connectivity index (χ4n) is 3.39. The number of nitrogens with zero attached hydrogens (tertiary/aromatic N) is 2. The Kier molecular flexibility index (Phi) is 5.85. The Bertz CT molecular complexity index is 844. The predicted molar refractivity (Wildman–Crippen MR) is 101 cm³/mol. The van der Waals surface area contributed by atoms with Gasteiger partial charge in [-0.15, -0.1) is 11.3 Å². The zero-order valence-corrected chi connectivity index (χ0v) is 16.5. The number of hydrogen-bond donors (Lipinski definition) is 1. The van der Waals surface area contributed by atoms with Crippen molar-refractivity contribution >= 4 is 17.3 Å². The van der Waals surface area contributed by atoms with Gasteiger partial charge in [0.25, 0.3) is 0 Å². The number of aryl methyl sites for hydroxylation is 1. The second-order valence-corrected chi connectivity index (χ2v) is 7.79. The number of allylic oxidation sites excluding steroid dienone is 2. The van der Waals surface area contributed by atoms with Crippen LogP contribution in [0.15, 0.2) is 28.9 Å². The zero-order valence-electron chi connectivity index (χ0n) is 15.7. The molecule has 3 heterocycles. The highest BCUT2D eigenvalue weighted by Crippen LogP contribution is 2.43. The lowest BCUT2D eigenvalue weighted by Gasteiger charge is -2.26. The molecule has 0 aromatic carbocycles. The van der Waals surface area contributed by atoms with Crippen LogP contribution in [0.5, 0.6) is 0 Å². The maximum atomic E-state index is 12.4. The standard InChI is InChI=1S/C19H23N3O4S/c1-11-16(19(23)24-3)17(14(9-20)18(21)26-11)15-8-13(12(2)27-15)10-22-4-6-25-7-5-22/h8,17H,4-7,10,21H2,1-3H3/t17-/m0/s1. The molecule has 2 aliphatic heterocycles. The van der Waals surface area contributed by atoms with Crippen molar-refractivity contribution in [2.45, 2.75) is 26.3 Å². The highest BCUT2D eigenvalue weighted by atomic mass is 32.1. The quantitative estimate of drug-likeness (QED) is 0.788. The molecule has 7 nitrogen and oxygen atoms in total. The smallest absolute Gasteiger partial charge is 0.338 e. The largest absolute Gasteiger partial charge is 0.466 e. The summed E-state index contributed by atoms with van der Waals surface area (Å²) in [6, 6.07) is 4.17. The second-order valence-electron chi connectivity index (χ2n) is 6.50. The molecule has 0 amide bonds. The minimum absolute atomic E-state index is 0.0356. The van der Waals surface area contributed by atoms with Gasteiger partial charge in [-0.25, -0.2) is 4.79 Å². The summed E-state index contributed by atoms with van der Waals surface area (Å²) in [5.74, 6) is -0.686. The third-order valence-electron chi connectivity index (χ3n) is 4.83. The molecule has 27 heavy (non-hydrogen) atoms. The lowest BCUT2D eigenvalue weighted by molar-refractivity contribution is -0.136. The molecule has 1 fully saturated rings. The number of hydrogen-bond acceptors (Lipinski definition) is 8. The van der Waals surface area contributed by atoms with Crippen molar-refractivity contribution in [3.8, 4) is 6.07 Å². The Balaban J connectivity index is 1.98. The Morgan fingerprint density at radius 1 is 1.44 bits per heavy atom. The van der Waals surface area contributed by atoms with E-state index in [2.05, 4.69) is 24.0 Å². The van der Waals surface area contributed by atoms with Crippen molar-refractivity contribution in [2.24, 2.45) is 5.73 Å². The average Bonchev–Trinajstić information content (AvgIpc) is 3.01. The minimum atomic E-state index is -0.571. The summed E-state index contributed by atoms with van der Waals surface area (Å²) in [6.07, 6.45) is 0. The molecule has 1 atom stereocenters. The molecule has 0 spiro atoms. The van der Waals surface area contributed by atoms with E-state index < -0.39 is 11.9 Å². The summed E-state index contributed by atoms with van der Waals surface area (Å²) in [6.45, 7) is 7.79. The average molecular weight is 389 g/mol. The van der Waals surface area contributed by atoms with E-state index in [-0.39, 0.29) is 11.5 Å². The topological polar surface area (TPSA) is 97.8 Å². The molecular formula is C19H23N3O4S. The molecule has 1 saturated heterocycles. The van der Waals surface area contributed by atoms with Gasteiger partial charge in [0.05, 0.1) is 31.8 Å². The van der Waals surface area contributed by atoms with Gasteiger partial charge in [0.2, 0.25) is 5.88 Å². The molecule has 0 unspecified atom stereocenters. The van der Waals surface area contributed by atoms with Crippen LogP contribution in [-0.2, 0) is 25.5 Å². The fraction of sp³-hybridized carbons (Fsp3) is 0.474. The molecule has 1 aromatic heterocycles. The highest BCUT2D eigenvalue weighted by molar-refractivity contribution is 7.12. The summed E-state index contributed by atoms with van der Waals surface area (Å²) in [7, 11) is 1.32. The van der Waals surface area contributed by atoms with Crippen molar-refractivity contribution < 1.29 is 19.0 Å².